The standard InChI is InChI=1S/C9H11BrClNO2S/c1-3-15(13,14)12-9-6(2)4-7(10)5-8(9)11/h4-5,12H,3H2,1-2H3. The summed E-state index contributed by atoms with van der Waals surface area (Å²) in [5, 5.41) is 0.388. The molecular weight excluding hydrogens is 302 g/mol. The first-order valence-corrected chi connectivity index (χ1v) is 7.14. The number of halogens is 2. The SMILES string of the molecule is CCS(=O)(=O)Nc1c(C)cc(Br)cc1Cl. The predicted molar refractivity (Wildman–Crippen MR) is 67.0 cm³/mol. The lowest BCUT2D eigenvalue weighted by Gasteiger charge is -2.11. The van der Waals surface area contributed by atoms with Crippen molar-refractivity contribution in [3.8, 4) is 0 Å². The second kappa shape index (κ2) is 4.72. The van der Waals surface area contributed by atoms with E-state index < -0.39 is 10.0 Å². The number of rotatable bonds is 3. The summed E-state index contributed by atoms with van der Waals surface area (Å²) in [7, 11) is -3.28. The van der Waals surface area contributed by atoms with Crippen molar-refractivity contribution in [2.75, 3.05) is 10.5 Å². The molecule has 0 aliphatic heterocycles. The predicted octanol–water partition coefficient (Wildman–Crippen LogP) is 3.17. The summed E-state index contributed by atoms with van der Waals surface area (Å²) in [5.74, 6) is 0.0266. The molecule has 0 aromatic heterocycles. The summed E-state index contributed by atoms with van der Waals surface area (Å²) in [5.41, 5.74) is 1.23. The number of sulfonamides is 1. The lowest BCUT2D eigenvalue weighted by Crippen LogP contribution is -2.15. The van der Waals surface area contributed by atoms with E-state index in [0.29, 0.717) is 10.7 Å². The summed E-state index contributed by atoms with van der Waals surface area (Å²) in [4.78, 5) is 0. The fourth-order valence-corrected chi connectivity index (χ4v) is 2.86. The zero-order valence-corrected chi connectivity index (χ0v) is 11.5. The number of nitrogens with one attached hydrogen (secondary N) is 1. The second-order valence-electron chi connectivity index (χ2n) is 3.08. The van der Waals surface area contributed by atoms with Crippen LogP contribution in [0.25, 0.3) is 0 Å². The van der Waals surface area contributed by atoms with Gasteiger partial charge in [-0.3, -0.25) is 4.72 Å². The third-order valence-corrected chi connectivity index (χ3v) is 3.92. The van der Waals surface area contributed by atoms with E-state index in [9.17, 15) is 8.42 Å². The molecule has 1 aromatic rings. The minimum absolute atomic E-state index is 0.0266. The van der Waals surface area contributed by atoms with Crippen molar-refractivity contribution in [1.82, 2.24) is 0 Å². The molecule has 15 heavy (non-hydrogen) atoms. The maximum absolute atomic E-state index is 11.4. The largest absolute Gasteiger partial charge is 0.282 e. The minimum atomic E-state index is -3.28. The van der Waals surface area contributed by atoms with Gasteiger partial charge in [0.05, 0.1) is 16.5 Å². The Labute approximate surface area is 103 Å². The highest BCUT2D eigenvalue weighted by Gasteiger charge is 2.12. The number of anilines is 1. The van der Waals surface area contributed by atoms with Gasteiger partial charge >= 0.3 is 0 Å². The fourth-order valence-electron chi connectivity index (χ4n) is 1.06. The summed E-state index contributed by atoms with van der Waals surface area (Å²) in [6, 6.07) is 3.46. The smallest absolute Gasteiger partial charge is 0.232 e. The molecule has 0 amide bonds. The molecule has 0 aliphatic carbocycles. The Morgan fingerprint density at radius 2 is 2.07 bits per heavy atom. The normalized spacial score (nSPS) is 11.5. The number of hydrogen-bond acceptors (Lipinski definition) is 2. The van der Waals surface area contributed by atoms with E-state index in [1.807, 2.05) is 0 Å². The second-order valence-corrected chi connectivity index (χ2v) is 6.42. The van der Waals surface area contributed by atoms with Crippen LogP contribution in [0.3, 0.4) is 0 Å². The molecule has 0 heterocycles. The van der Waals surface area contributed by atoms with Crippen LogP contribution in [-0.4, -0.2) is 14.2 Å². The van der Waals surface area contributed by atoms with Crippen LogP contribution < -0.4 is 4.72 Å². The molecule has 0 saturated heterocycles. The first-order valence-electron chi connectivity index (χ1n) is 4.32. The van der Waals surface area contributed by atoms with Crippen molar-refractivity contribution in [3.05, 3.63) is 27.2 Å². The molecule has 84 valence electrons. The van der Waals surface area contributed by atoms with Crippen LogP contribution in [0.5, 0.6) is 0 Å². The molecule has 1 rings (SSSR count). The van der Waals surface area contributed by atoms with Crippen LogP contribution in [0, 0.1) is 6.92 Å². The minimum Gasteiger partial charge on any atom is -0.282 e. The summed E-state index contributed by atoms with van der Waals surface area (Å²) in [6.07, 6.45) is 0. The quantitative estimate of drug-likeness (QED) is 0.932. The van der Waals surface area contributed by atoms with Gasteiger partial charge in [-0.25, -0.2) is 8.42 Å². The van der Waals surface area contributed by atoms with Crippen LogP contribution in [0.4, 0.5) is 5.69 Å². The molecule has 0 radical (unpaired) electrons. The highest BCUT2D eigenvalue weighted by molar-refractivity contribution is 9.10. The average molecular weight is 313 g/mol. The van der Waals surface area contributed by atoms with E-state index in [-0.39, 0.29) is 5.75 Å². The topological polar surface area (TPSA) is 46.2 Å². The first kappa shape index (κ1) is 12.8. The Morgan fingerprint density at radius 1 is 1.47 bits per heavy atom. The van der Waals surface area contributed by atoms with E-state index in [1.54, 1.807) is 26.0 Å². The number of aryl methyl sites for hydroxylation is 1. The van der Waals surface area contributed by atoms with Gasteiger partial charge in [-0.1, -0.05) is 27.5 Å². The van der Waals surface area contributed by atoms with Crippen molar-refractivity contribution in [3.63, 3.8) is 0 Å². The summed E-state index contributed by atoms with van der Waals surface area (Å²) >= 11 is 9.22. The maximum atomic E-state index is 11.4. The van der Waals surface area contributed by atoms with Crippen LogP contribution in [-0.2, 0) is 10.0 Å². The highest BCUT2D eigenvalue weighted by Crippen LogP contribution is 2.30. The van der Waals surface area contributed by atoms with Gasteiger partial charge in [-0.05, 0) is 31.5 Å². The highest BCUT2D eigenvalue weighted by atomic mass is 79.9. The number of benzene rings is 1. The monoisotopic (exact) mass is 311 g/mol. The fraction of sp³-hybridized carbons (Fsp3) is 0.333. The zero-order chi connectivity index (χ0) is 11.6. The van der Waals surface area contributed by atoms with Gasteiger partial charge in [0, 0.05) is 4.47 Å². The molecular formula is C9H11BrClNO2S. The lowest BCUT2D eigenvalue weighted by atomic mass is 10.2. The third kappa shape index (κ3) is 3.36. The molecule has 0 spiro atoms. The van der Waals surface area contributed by atoms with E-state index in [0.717, 1.165) is 10.0 Å². The van der Waals surface area contributed by atoms with E-state index >= 15 is 0 Å². The lowest BCUT2D eigenvalue weighted by molar-refractivity contribution is 0.602. The third-order valence-electron chi connectivity index (χ3n) is 1.89. The Balaban J connectivity index is 3.17. The molecule has 3 nitrogen and oxygen atoms in total. The van der Waals surface area contributed by atoms with Crippen molar-refractivity contribution in [2.24, 2.45) is 0 Å². The van der Waals surface area contributed by atoms with Gasteiger partial charge in [0.25, 0.3) is 0 Å². The Bertz CT molecular complexity index is 450. The molecule has 1 aromatic carbocycles. The summed E-state index contributed by atoms with van der Waals surface area (Å²) < 4.78 is 26.0. The summed E-state index contributed by atoms with van der Waals surface area (Å²) in [6.45, 7) is 3.37. The van der Waals surface area contributed by atoms with Crippen molar-refractivity contribution in [2.45, 2.75) is 13.8 Å². The molecule has 0 saturated carbocycles. The van der Waals surface area contributed by atoms with Gasteiger partial charge in [-0.15, -0.1) is 0 Å². The molecule has 1 N–H and O–H groups in total. The Kier molecular flexibility index (Phi) is 4.03. The molecule has 6 heteroatoms. The van der Waals surface area contributed by atoms with E-state index in [4.69, 9.17) is 11.6 Å². The molecule has 0 aliphatic rings. The van der Waals surface area contributed by atoms with Crippen LogP contribution in [0.15, 0.2) is 16.6 Å². The molecule has 0 unspecified atom stereocenters. The van der Waals surface area contributed by atoms with Gasteiger partial charge in [0.2, 0.25) is 10.0 Å². The van der Waals surface area contributed by atoms with Crippen LogP contribution in [0.2, 0.25) is 5.02 Å². The van der Waals surface area contributed by atoms with Crippen molar-refractivity contribution < 1.29 is 8.42 Å². The van der Waals surface area contributed by atoms with Gasteiger partial charge in [-0.2, -0.15) is 0 Å². The Morgan fingerprint density at radius 3 is 2.53 bits per heavy atom. The van der Waals surface area contributed by atoms with Gasteiger partial charge in [0.15, 0.2) is 0 Å². The van der Waals surface area contributed by atoms with E-state index in [1.165, 1.54) is 0 Å². The average Bonchev–Trinajstić information content (AvgIpc) is 2.11. The molecule has 0 atom stereocenters. The molecule has 0 bridgehead atoms. The number of hydrogen-bond donors (Lipinski definition) is 1. The van der Waals surface area contributed by atoms with Crippen molar-refractivity contribution >= 4 is 43.2 Å². The van der Waals surface area contributed by atoms with Gasteiger partial charge < -0.3 is 0 Å². The van der Waals surface area contributed by atoms with E-state index in [2.05, 4.69) is 20.7 Å². The van der Waals surface area contributed by atoms with Crippen LogP contribution >= 0.6 is 27.5 Å². The van der Waals surface area contributed by atoms with Crippen molar-refractivity contribution in [1.29, 1.82) is 0 Å². The molecule has 0 fully saturated rings. The van der Waals surface area contributed by atoms with Gasteiger partial charge in [0.1, 0.15) is 0 Å². The van der Waals surface area contributed by atoms with Crippen LogP contribution in [0.1, 0.15) is 12.5 Å². The zero-order valence-electron chi connectivity index (χ0n) is 8.34. The first-order chi connectivity index (χ1) is 6.85. The Hall–Kier alpha value is -0.260. The maximum Gasteiger partial charge on any atom is 0.232 e.